The third-order valence-corrected chi connectivity index (χ3v) is 4.11. The number of aryl methyl sites for hydroxylation is 1. The molecule has 0 fully saturated rings. The zero-order valence-corrected chi connectivity index (χ0v) is 14.0. The van der Waals surface area contributed by atoms with Crippen molar-refractivity contribution in [3.63, 3.8) is 0 Å². The number of carbonyl (C=O) groups excluding carboxylic acids is 1. The second-order valence-corrected chi connectivity index (χ2v) is 5.77. The van der Waals surface area contributed by atoms with E-state index in [2.05, 4.69) is 22.6 Å². The predicted molar refractivity (Wildman–Crippen MR) is 92.3 cm³/mol. The highest BCUT2D eigenvalue weighted by Gasteiger charge is 2.14. The van der Waals surface area contributed by atoms with E-state index in [9.17, 15) is 4.79 Å². The normalized spacial score (nSPS) is 12.1. The maximum absolute atomic E-state index is 12.4. The summed E-state index contributed by atoms with van der Waals surface area (Å²) in [4.78, 5) is 12.4. The number of hydrogen-bond donors (Lipinski definition) is 1. The van der Waals surface area contributed by atoms with E-state index in [1.54, 1.807) is 23.9 Å². The van der Waals surface area contributed by atoms with Gasteiger partial charge in [-0.3, -0.25) is 4.79 Å². The van der Waals surface area contributed by atoms with Crippen molar-refractivity contribution in [3.8, 4) is 5.75 Å². The van der Waals surface area contributed by atoms with Crippen LogP contribution in [0.25, 0.3) is 11.0 Å². The average Bonchev–Trinajstić information content (AvgIpc) is 2.99. The number of benzene rings is 2. The highest BCUT2D eigenvalue weighted by atomic mass is 16.5. The van der Waals surface area contributed by atoms with Crippen molar-refractivity contribution in [2.24, 2.45) is 7.05 Å². The summed E-state index contributed by atoms with van der Waals surface area (Å²) in [7, 11) is 3.48. The van der Waals surface area contributed by atoms with Crippen LogP contribution in [0.2, 0.25) is 0 Å². The van der Waals surface area contributed by atoms with Gasteiger partial charge in [0, 0.05) is 25.1 Å². The van der Waals surface area contributed by atoms with Crippen molar-refractivity contribution in [2.75, 3.05) is 13.7 Å². The summed E-state index contributed by atoms with van der Waals surface area (Å²) >= 11 is 0. The van der Waals surface area contributed by atoms with Gasteiger partial charge in [-0.05, 0) is 29.8 Å². The van der Waals surface area contributed by atoms with Crippen LogP contribution in [0, 0.1) is 0 Å². The highest BCUT2D eigenvalue weighted by molar-refractivity contribution is 5.97. The zero-order valence-electron chi connectivity index (χ0n) is 14.0. The molecule has 0 aliphatic carbocycles. The van der Waals surface area contributed by atoms with Gasteiger partial charge in [0.15, 0.2) is 0 Å². The Morgan fingerprint density at radius 1 is 1.29 bits per heavy atom. The lowest BCUT2D eigenvalue weighted by Gasteiger charge is -2.16. The molecule has 3 aromatic rings. The van der Waals surface area contributed by atoms with Crippen LogP contribution in [0.1, 0.15) is 28.8 Å². The Bertz CT molecular complexity index is 872. The smallest absolute Gasteiger partial charge is 0.251 e. The Kier molecular flexibility index (Phi) is 4.46. The second kappa shape index (κ2) is 6.70. The molecule has 1 N–H and O–H groups in total. The van der Waals surface area contributed by atoms with Crippen LogP contribution in [0.4, 0.5) is 0 Å². The van der Waals surface area contributed by atoms with Crippen LogP contribution < -0.4 is 10.1 Å². The topological polar surface area (TPSA) is 69.0 Å². The fourth-order valence-corrected chi connectivity index (χ4v) is 2.71. The van der Waals surface area contributed by atoms with E-state index in [-0.39, 0.29) is 11.8 Å². The quantitative estimate of drug-likeness (QED) is 0.783. The van der Waals surface area contributed by atoms with Gasteiger partial charge in [-0.25, -0.2) is 4.68 Å². The van der Waals surface area contributed by atoms with Crippen LogP contribution in [0.5, 0.6) is 5.75 Å². The lowest BCUT2D eigenvalue weighted by molar-refractivity contribution is 0.0951. The van der Waals surface area contributed by atoms with Crippen molar-refractivity contribution >= 4 is 16.9 Å². The van der Waals surface area contributed by atoms with Crippen LogP contribution in [0.15, 0.2) is 42.5 Å². The van der Waals surface area contributed by atoms with Crippen molar-refractivity contribution in [1.82, 2.24) is 20.3 Å². The maximum Gasteiger partial charge on any atom is 0.251 e. The summed E-state index contributed by atoms with van der Waals surface area (Å²) < 4.78 is 7.06. The first kappa shape index (κ1) is 16.0. The van der Waals surface area contributed by atoms with Gasteiger partial charge in [0.25, 0.3) is 5.91 Å². The minimum atomic E-state index is -0.121. The van der Waals surface area contributed by atoms with E-state index >= 15 is 0 Å². The third-order valence-electron chi connectivity index (χ3n) is 4.11. The number of para-hydroxylation sites is 1. The third kappa shape index (κ3) is 3.08. The molecule has 0 aliphatic rings. The number of carbonyl (C=O) groups is 1. The van der Waals surface area contributed by atoms with E-state index < -0.39 is 0 Å². The summed E-state index contributed by atoms with van der Waals surface area (Å²) in [6.07, 6.45) is 0. The summed E-state index contributed by atoms with van der Waals surface area (Å²) in [5, 5.41) is 11.0. The molecule has 124 valence electrons. The number of aromatic nitrogens is 3. The molecule has 24 heavy (non-hydrogen) atoms. The number of fused-ring (bicyclic) bond motifs is 1. The van der Waals surface area contributed by atoms with Crippen molar-refractivity contribution in [1.29, 1.82) is 0 Å². The molecule has 0 radical (unpaired) electrons. The molecular weight excluding hydrogens is 304 g/mol. The van der Waals surface area contributed by atoms with Gasteiger partial charge in [-0.2, -0.15) is 0 Å². The summed E-state index contributed by atoms with van der Waals surface area (Å²) in [5.74, 6) is 0.856. The Labute approximate surface area is 140 Å². The second-order valence-electron chi connectivity index (χ2n) is 5.77. The molecule has 6 nitrogen and oxygen atoms in total. The van der Waals surface area contributed by atoms with Crippen LogP contribution in [-0.4, -0.2) is 34.6 Å². The first-order valence-electron chi connectivity index (χ1n) is 7.80. The van der Waals surface area contributed by atoms with Gasteiger partial charge < -0.3 is 10.1 Å². The molecule has 3 rings (SSSR count). The number of amides is 1. The van der Waals surface area contributed by atoms with Gasteiger partial charge >= 0.3 is 0 Å². The number of methoxy groups -OCH3 is 1. The summed E-state index contributed by atoms with van der Waals surface area (Å²) in [6, 6.07) is 13.2. The molecule has 1 heterocycles. The van der Waals surface area contributed by atoms with E-state index in [0.29, 0.717) is 17.6 Å². The largest absolute Gasteiger partial charge is 0.496 e. The maximum atomic E-state index is 12.4. The Hall–Kier alpha value is -2.89. The van der Waals surface area contributed by atoms with Gasteiger partial charge in [-0.15, -0.1) is 5.10 Å². The zero-order chi connectivity index (χ0) is 17.1. The first-order chi connectivity index (χ1) is 11.6. The van der Waals surface area contributed by atoms with Crippen molar-refractivity contribution in [3.05, 3.63) is 53.6 Å². The molecule has 1 unspecified atom stereocenters. The standard InChI is InChI=1S/C18H20N4O2/c1-12(14-6-4-5-7-17(14)24-3)11-19-18(23)13-8-9-16-15(10-13)20-21-22(16)2/h4-10,12H,11H2,1-3H3,(H,19,23). The van der Waals surface area contributed by atoms with Crippen molar-refractivity contribution in [2.45, 2.75) is 12.8 Å². The van der Waals surface area contributed by atoms with E-state index in [1.807, 2.05) is 37.4 Å². The van der Waals surface area contributed by atoms with Gasteiger partial charge in [0.1, 0.15) is 11.3 Å². The van der Waals surface area contributed by atoms with Gasteiger partial charge in [0.05, 0.1) is 12.6 Å². The molecule has 1 amide bonds. The molecule has 0 saturated carbocycles. The Morgan fingerprint density at radius 3 is 2.88 bits per heavy atom. The number of ether oxygens (including phenoxy) is 1. The summed E-state index contributed by atoms with van der Waals surface area (Å²) in [5.41, 5.74) is 3.26. The van der Waals surface area contributed by atoms with E-state index in [0.717, 1.165) is 16.8 Å². The molecule has 0 saturated heterocycles. The summed E-state index contributed by atoms with van der Waals surface area (Å²) in [6.45, 7) is 2.59. The molecule has 0 aliphatic heterocycles. The Morgan fingerprint density at radius 2 is 2.08 bits per heavy atom. The van der Waals surface area contributed by atoms with Gasteiger partial charge in [-0.1, -0.05) is 30.3 Å². The van der Waals surface area contributed by atoms with Crippen LogP contribution in [-0.2, 0) is 7.05 Å². The molecule has 1 aromatic heterocycles. The number of rotatable bonds is 5. The lowest BCUT2D eigenvalue weighted by atomic mass is 10.00. The molecular formula is C18H20N4O2. The minimum absolute atomic E-state index is 0.121. The molecule has 2 aromatic carbocycles. The number of nitrogens with zero attached hydrogens (tertiary/aromatic N) is 3. The molecule has 0 bridgehead atoms. The first-order valence-corrected chi connectivity index (χ1v) is 7.80. The molecule has 0 spiro atoms. The fraction of sp³-hybridized carbons (Fsp3) is 0.278. The van der Waals surface area contributed by atoms with Crippen LogP contribution >= 0.6 is 0 Å². The van der Waals surface area contributed by atoms with Gasteiger partial charge in [0.2, 0.25) is 0 Å². The highest BCUT2D eigenvalue weighted by Crippen LogP contribution is 2.25. The number of nitrogens with one attached hydrogen (secondary N) is 1. The lowest BCUT2D eigenvalue weighted by Crippen LogP contribution is -2.27. The number of hydrogen-bond acceptors (Lipinski definition) is 4. The minimum Gasteiger partial charge on any atom is -0.496 e. The molecule has 1 atom stereocenters. The molecule has 6 heteroatoms. The van der Waals surface area contributed by atoms with Crippen LogP contribution in [0.3, 0.4) is 0 Å². The average molecular weight is 324 g/mol. The van der Waals surface area contributed by atoms with Crippen molar-refractivity contribution < 1.29 is 9.53 Å². The van der Waals surface area contributed by atoms with E-state index in [1.165, 1.54) is 0 Å². The fourth-order valence-electron chi connectivity index (χ4n) is 2.71. The predicted octanol–water partition coefficient (Wildman–Crippen LogP) is 2.51. The van der Waals surface area contributed by atoms with E-state index in [4.69, 9.17) is 4.74 Å². The monoisotopic (exact) mass is 324 g/mol. The SMILES string of the molecule is COc1ccccc1C(C)CNC(=O)c1ccc2c(c1)nnn2C. The Balaban J connectivity index is 1.69.